The number of ether oxygens (including phenoxy) is 1. The van der Waals surface area contributed by atoms with Gasteiger partial charge in [0.1, 0.15) is 5.75 Å². The third kappa shape index (κ3) is 2.47. The van der Waals surface area contributed by atoms with Crippen molar-refractivity contribution in [1.29, 1.82) is 0 Å². The molecule has 0 amide bonds. The predicted octanol–water partition coefficient (Wildman–Crippen LogP) is 5.62. The lowest BCUT2D eigenvalue weighted by molar-refractivity contribution is -0.509. The molecule has 2 aromatic carbocycles. The highest BCUT2D eigenvalue weighted by atomic mass is 16.5. The average molecular weight is 354 g/mol. The Hall–Kier alpha value is -3.33. The molecule has 0 aliphatic carbocycles. The van der Waals surface area contributed by atoms with E-state index in [4.69, 9.17) is 9.15 Å². The monoisotopic (exact) mass is 354 g/mol. The second-order valence-corrected chi connectivity index (χ2v) is 7.10. The lowest BCUT2D eigenvalue weighted by Gasteiger charge is -2.09. The Morgan fingerprint density at radius 3 is 2.44 bits per heavy atom. The summed E-state index contributed by atoms with van der Waals surface area (Å²) in [6.45, 7) is 4.32. The highest BCUT2D eigenvalue weighted by Crippen LogP contribution is 2.35. The fourth-order valence-electron chi connectivity index (χ4n) is 3.81. The van der Waals surface area contributed by atoms with E-state index < -0.39 is 0 Å². The van der Waals surface area contributed by atoms with Crippen LogP contribution in [0, 0.1) is 13.8 Å². The molecule has 5 rings (SSSR count). The topological polar surface area (TPSA) is 26.5 Å². The van der Waals surface area contributed by atoms with Crippen molar-refractivity contribution in [2.45, 2.75) is 13.8 Å². The van der Waals surface area contributed by atoms with E-state index in [9.17, 15) is 0 Å². The Morgan fingerprint density at radius 2 is 1.70 bits per heavy atom. The lowest BCUT2D eigenvalue weighted by atomic mass is 10.00. The van der Waals surface area contributed by atoms with Gasteiger partial charge in [0.05, 0.1) is 25.0 Å². The summed E-state index contributed by atoms with van der Waals surface area (Å²) in [5.41, 5.74) is 5.86. The van der Waals surface area contributed by atoms with Crippen molar-refractivity contribution in [2.24, 2.45) is 0 Å². The number of rotatable bonds is 2. The zero-order chi connectivity index (χ0) is 18.5. The molecular weight excluding hydrogens is 334 g/mol. The van der Waals surface area contributed by atoms with Crippen LogP contribution in [-0.4, -0.2) is 7.11 Å². The van der Waals surface area contributed by atoms with E-state index in [1.807, 2.05) is 6.07 Å². The first-order chi connectivity index (χ1) is 13.1. The number of aromatic nitrogens is 1. The first-order valence-electron chi connectivity index (χ1n) is 9.03. The molecule has 3 heterocycles. The zero-order valence-corrected chi connectivity index (χ0v) is 15.6. The molecule has 0 aliphatic heterocycles. The molecule has 0 saturated heterocycles. The van der Waals surface area contributed by atoms with Crippen LogP contribution in [0.1, 0.15) is 11.1 Å². The van der Waals surface area contributed by atoms with Gasteiger partial charge in [-0.15, -0.1) is 0 Å². The summed E-state index contributed by atoms with van der Waals surface area (Å²) in [5, 5.41) is 4.85. The second-order valence-electron chi connectivity index (χ2n) is 7.10. The molecule has 0 unspecified atom stereocenters. The van der Waals surface area contributed by atoms with Crippen molar-refractivity contribution in [2.75, 3.05) is 7.11 Å². The summed E-state index contributed by atoms with van der Waals surface area (Å²) >= 11 is 0. The summed E-state index contributed by atoms with van der Waals surface area (Å²) in [6, 6.07) is 15.2. The van der Waals surface area contributed by atoms with Crippen molar-refractivity contribution in [3.8, 4) is 16.9 Å². The van der Waals surface area contributed by atoms with Gasteiger partial charge >= 0.3 is 0 Å². The molecule has 0 radical (unpaired) electrons. The number of aryl methyl sites for hydroxylation is 2. The van der Waals surface area contributed by atoms with Crippen molar-refractivity contribution < 1.29 is 13.6 Å². The molecule has 3 aromatic heterocycles. The molecule has 0 atom stereocenters. The molecule has 0 bridgehead atoms. The van der Waals surface area contributed by atoms with Crippen molar-refractivity contribution in [3.63, 3.8) is 0 Å². The van der Waals surface area contributed by atoms with Gasteiger partial charge in [-0.05, 0) is 60.0 Å². The van der Waals surface area contributed by atoms with Gasteiger partial charge in [-0.25, -0.2) is 0 Å². The summed E-state index contributed by atoms with van der Waals surface area (Å²) < 4.78 is 13.1. The Bertz CT molecular complexity index is 1320. The number of nitrogens with zero attached hydrogens (tertiary/aromatic N) is 1. The fourth-order valence-corrected chi connectivity index (χ4v) is 3.81. The van der Waals surface area contributed by atoms with E-state index in [2.05, 4.69) is 67.0 Å². The van der Waals surface area contributed by atoms with Crippen molar-refractivity contribution in [1.82, 2.24) is 0 Å². The minimum atomic E-state index is 0.848. The van der Waals surface area contributed by atoms with Crippen molar-refractivity contribution in [3.05, 3.63) is 78.5 Å². The van der Waals surface area contributed by atoms with Crippen LogP contribution in [0.15, 0.2) is 71.8 Å². The smallest absolute Gasteiger partial charge is 0.219 e. The maximum atomic E-state index is 5.64. The average Bonchev–Trinajstić information content (AvgIpc) is 3.21. The Balaban J connectivity index is 1.88. The zero-order valence-electron chi connectivity index (χ0n) is 15.6. The number of methoxy groups -OCH3 is 1. The van der Waals surface area contributed by atoms with E-state index in [0.29, 0.717) is 0 Å². The van der Waals surface area contributed by atoms with Crippen LogP contribution in [0.25, 0.3) is 38.2 Å². The maximum absolute atomic E-state index is 5.64. The SMILES string of the molecule is COc1cc2cc[n+]3cc4cc(C)c(C)cc4cc3c2cc1-c1ccoc1. The number of furan rings is 1. The summed E-state index contributed by atoms with van der Waals surface area (Å²) in [5.74, 6) is 0.848. The standard InChI is InChI=1S/C24H20NO2/c1-15-8-19-10-23-21-12-22(18-5-7-27-14-18)24(26-3)11-17(21)4-6-25(23)13-20(19)9-16(15)2/h4-14H,1-3H3/q+1. The van der Waals surface area contributed by atoms with E-state index in [1.165, 1.54) is 32.8 Å². The van der Waals surface area contributed by atoms with Crippen LogP contribution in [0.2, 0.25) is 0 Å². The largest absolute Gasteiger partial charge is 0.496 e. The first kappa shape index (κ1) is 15.9. The van der Waals surface area contributed by atoms with E-state index in [1.54, 1.807) is 19.6 Å². The van der Waals surface area contributed by atoms with Gasteiger partial charge in [0.25, 0.3) is 0 Å². The third-order valence-electron chi connectivity index (χ3n) is 5.44. The lowest BCUT2D eigenvalue weighted by Crippen LogP contribution is -2.20. The molecule has 0 fully saturated rings. The fraction of sp³-hybridized carbons (Fsp3) is 0.125. The van der Waals surface area contributed by atoms with Crippen LogP contribution in [0.4, 0.5) is 0 Å². The Labute approximate surface area is 157 Å². The van der Waals surface area contributed by atoms with E-state index in [-0.39, 0.29) is 0 Å². The molecule has 3 heteroatoms. The molecule has 0 saturated carbocycles. The number of hydrogen-bond acceptors (Lipinski definition) is 2. The van der Waals surface area contributed by atoms with Gasteiger partial charge in [0.2, 0.25) is 5.52 Å². The number of pyridine rings is 2. The summed E-state index contributed by atoms with van der Waals surface area (Å²) in [7, 11) is 1.71. The Kier molecular flexibility index (Phi) is 3.44. The molecule has 5 aromatic rings. The molecule has 0 N–H and O–H groups in total. The number of fused-ring (bicyclic) bond motifs is 4. The van der Waals surface area contributed by atoms with Gasteiger partial charge < -0.3 is 9.15 Å². The molecule has 0 spiro atoms. The molecule has 27 heavy (non-hydrogen) atoms. The minimum Gasteiger partial charge on any atom is -0.496 e. The third-order valence-corrected chi connectivity index (χ3v) is 5.44. The van der Waals surface area contributed by atoms with E-state index >= 15 is 0 Å². The van der Waals surface area contributed by atoms with Crippen LogP contribution < -0.4 is 9.14 Å². The van der Waals surface area contributed by atoms with E-state index in [0.717, 1.165) is 22.3 Å². The van der Waals surface area contributed by atoms with Gasteiger partial charge in [0.15, 0.2) is 12.4 Å². The highest BCUT2D eigenvalue weighted by molar-refractivity contribution is 6.01. The minimum absolute atomic E-state index is 0.848. The number of hydrogen-bond donors (Lipinski definition) is 0. The van der Waals surface area contributed by atoms with Crippen molar-refractivity contribution >= 4 is 27.1 Å². The van der Waals surface area contributed by atoms with Crippen LogP contribution in [-0.2, 0) is 0 Å². The van der Waals surface area contributed by atoms with Crippen LogP contribution in [0.3, 0.4) is 0 Å². The normalized spacial score (nSPS) is 11.5. The summed E-state index contributed by atoms with van der Waals surface area (Å²) in [4.78, 5) is 0. The van der Waals surface area contributed by atoms with Crippen LogP contribution in [0.5, 0.6) is 5.75 Å². The highest BCUT2D eigenvalue weighted by Gasteiger charge is 2.15. The van der Waals surface area contributed by atoms with Gasteiger partial charge in [-0.1, -0.05) is 6.07 Å². The number of benzene rings is 2. The summed E-state index contributed by atoms with van der Waals surface area (Å²) in [6.07, 6.45) is 7.76. The first-order valence-corrected chi connectivity index (χ1v) is 9.03. The maximum Gasteiger partial charge on any atom is 0.219 e. The van der Waals surface area contributed by atoms with Crippen LogP contribution >= 0.6 is 0 Å². The van der Waals surface area contributed by atoms with Gasteiger partial charge in [-0.2, -0.15) is 4.40 Å². The predicted molar refractivity (Wildman–Crippen MR) is 108 cm³/mol. The molecule has 132 valence electrons. The molecule has 3 nitrogen and oxygen atoms in total. The van der Waals surface area contributed by atoms with Gasteiger partial charge in [0, 0.05) is 28.6 Å². The Morgan fingerprint density at radius 1 is 0.889 bits per heavy atom. The molecular formula is C24H20NO2+. The van der Waals surface area contributed by atoms with Gasteiger partial charge in [-0.3, -0.25) is 0 Å². The second kappa shape index (κ2) is 5.85. The molecule has 0 aliphatic rings. The quantitative estimate of drug-likeness (QED) is 0.234.